The van der Waals surface area contributed by atoms with Crippen molar-refractivity contribution in [2.24, 2.45) is 0 Å². The normalized spacial score (nSPS) is 10.7. The standard InChI is InChI=1S/C13H12Cl2N2O2/c1-2-19-12(18)6-5-10-13(15)17-11-7-8(14)3-4-9(11)16-10/h3-4,7H,2,5-6H2,1H3. The van der Waals surface area contributed by atoms with Crippen LogP contribution in [0.3, 0.4) is 0 Å². The van der Waals surface area contributed by atoms with Gasteiger partial charge in [0.2, 0.25) is 0 Å². The summed E-state index contributed by atoms with van der Waals surface area (Å²) < 4.78 is 4.86. The molecule has 1 aromatic heterocycles. The topological polar surface area (TPSA) is 52.1 Å². The Morgan fingerprint density at radius 2 is 2.05 bits per heavy atom. The number of fused-ring (bicyclic) bond motifs is 1. The molecule has 2 aromatic rings. The lowest BCUT2D eigenvalue weighted by Gasteiger charge is -2.05. The molecule has 2 rings (SSSR count). The van der Waals surface area contributed by atoms with Crippen LogP contribution in [0, 0.1) is 0 Å². The summed E-state index contributed by atoms with van der Waals surface area (Å²) in [5.74, 6) is -0.267. The van der Waals surface area contributed by atoms with E-state index >= 15 is 0 Å². The summed E-state index contributed by atoms with van der Waals surface area (Å²) in [6.45, 7) is 2.14. The van der Waals surface area contributed by atoms with Crippen LogP contribution >= 0.6 is 23.2 Å². The number of carbonyl (C=O) groups excluding carboxylic acids is 1. The van der Waals surface area contributed by atoms with Gasteiger partial charge in [-0.1, -0.05) is 23.2 Å². The molecule has 0 N–H and O–H groups in total. The van der Waals surface area contributed by atoms with Gasteiger partial charge in [0, 0.05) is 11.4 Å². The summed E-state index contributed by atoms with van der Waals surface area (Å²) in [5.41, 5.74) is 1.93. The van der Waals surface area contributed by atoms with Gasteiger partial charge in [0.05, 0.1) is 29.8 Å². The third-order valence-corrected chi connectivity index (χ3v) is 3.06. The lowest BCUT2D eigenvalue weighted by molar-refractivity contribution is -0.143. The summed E-state index contributed by atoms with van der Waals surface area (Å²) in [5, 5.41) is 0.871. The molecule has 0 saturated heterocycles. The summed E-state index contributed by atoms with van der Waals surface area (Å²) in [6.07, 6.45) is 0.643. The SMILES string of the molecule is CCOC(=O)CCc1nc2ccc(Cl)cc2nc1Cl. The maximum Gasteiger partial charge on any atom is 0.306 e. The first-order chi connectivity index (χ1) is 9.10. The van der Waals surface area contributed by atoms with Crippen LogP contribution in [0.15, 0.2) is 18.2 Å². The zero-order chi connectivity index (χ0) is 13.8. The Labute approximate surface area is 120 Å². The fourth-order valence-electron chi connectivity index (χ4n) is 1.66. The number of esters is 1. The number of aryl methyl sites for hydroxylation is 1. The molecule has 0 amide bonds. The summed E-state index contributed by atoms with van der Waals surface area (Å²) in [4.78, 5) is 19.9. The smallest absolute Gasteiger partial charge is 0.306 e. The lowest BCUT2D eigenvalue weighted by Crippen LogP contribution is -2.06. The van der Waals surface area contributed by atoms with Gasteiger partial charge in [-0.25, -0.2) is 9.97 Å². The molecular weight excluding hydrogens is 287 g/mol. The maximum atomic E-state index is 11.3. The van der Waals surface area contributed by atoms with E-state index in [2.05, 4.69) is 9.97 Å². The molecule has 0 aliphatic heterocycles. The summed E-state index contributed by atoms with van der Waals surface area (Å²) in [6, 6.07) is 5.21. The van der Waals surface area contributed by atoms with E-state index in [1.807, 2.05) is 0 Å². The van der Waals surface area contributed by atoms with Gasteiger partial charge in [0.15, 0.2) is 5.15 Å². The Bertz CT molecular complexity index is 617. The van der Waals surface area contributed by atoms with E-state index in [1.165, 1.54) is 0 Å². The second kappa shape index (κ2) is 6.17. The van der Waals surface area contributed by atoms with E-state index in [0.717, 1.165) is 0 Å². The molecular formula is C13H12Cl2N2O2. The highest BCUT2D eigenvalue weighted by Crippen LogP contribution is 2.21. The highest BCUT2D eigenvalue weighted by molar-refractivity contribution is 6.31. The van der Waals surface area contributed by atoms with Crippen molar-refractivity contribution in [3.8, 4) is 0 Å². The van der Waals surface area contributed by atoms with Crippen molar-refractivity contribution >= 4 is 40.2 Å². The Kier molecular flexibility index (Phi) is 4.56. The number of benzene rings is 1. The van der Waals surface area contributed by atoms with Crippen LogP contribution in [0.4, 0.5) is 0 Å². The highest BCUT2D eigenvalue weighted by atomic mass is 35.5. The van der Waals surface area contributed by atoms with Gasteiger partial charge < -0.3 is 4.74 Å². The Hall–Kier alpha value is -1.39. The van der Waals surface area contributed by atoms with Gasteiger partial charge in [-0.05, 0) is 25.1 Å². The number of hydrogen-bond acceptors (Lipinski definition) is 4. The quantitative estimate of drug-likeness (QED) is 0.812. The number of halogens is 2. The number of aromatic nitrogens is 2. The molecule has 0 unspecified atom stereocenters. The average Bonchev–Trinajstić information content (AvgIpc) is 2.36. The first kappa shape index (κ1) is 14.0. The zero-order valence-electron chi connectivity index (χ0n) is 10.3. The van der Waals surface area contributed by atoms with Crippen molar-refractivity contribution in [1.82, 2.24) is 9.97 Å². The molecule has 4 nitrogen and oxygen atoms in total. The van der Waals surface area contributed by atoms with Crippen LogP contribution in [0.25, 0.3) is 11.0 Å². The van der Waals surface area contributed by atoms with Crippen LogP contribution in [-0.4, -0.2) is 22.5 Å². The second-order valence-electron chi connectivity index (χ2n) is 3.90. The Morgan fingerprint density at radius 3 is 2.79 bits per heavy atom. The maximum absolute atomic E-state index is 11.3. The first-order valence-electron chi connectivity index (χ1n) is 5.87. The van der Waals surface area contributed by atoms with Gasteiger partial charge in [-0.2, -0.15) is 0 Å². The van der Waals surface area contributed by atoms with Crippen LogP contribution in [0.1, 0.15) is 19.0 Å². The molecule has 1 aromatic carbocycles. The van der Waals surface area contributed by atoms with Crippen LogP contribution in [-0.2, 0) is 16.0 Å². The predicted octanol–water partition coefficient (Wildman–Crippen LogP) is 3.43. The minimum absolute atomic E-state index is 0.237. The summed E-state index contributed by atoms with van der Waals surface area (Å²) >= 11 is 11.9. The third kappa shape index (κ3) is 3.55. The van der Waals surface area contributed by atoms with Gasteiger partial charge in [0.1, 0.15) is 0 Å². The van der Waals surface area contributed by atoms with Crippen molar-refractivity contribution in [2.75, 3.05) is 6.61 Å². The van der Waals surface area contributed by atoms with Crippen molar-refractivity contribution < 1.29 is 9.53 Å². The molecule has 0 atom stereocenters. The van der Waals surface area contributed by atoms with E-state index in [-0.39, 0.29) is 12.4 Å². The number of carbonyl (C=O) groups is 1. The van der Waals surface area contributed by atoms with E-state index in [9.17, 15) is 4.79 Å². The second-order valence-corrected chi connectivity index (χ2v) is 4.69. The molecule has 100 valence electrons. The molecule has 19 heavy (non-hydrogen) atoms. The van der Waals surface area contributed by atoms with Gasteiger partial charge >= 0.3 is 5.97 Å². The van der Waals surface area contributed by atoms with Gasteiger partial charge in [0.25, 0.3) is 0 Å². The number of rotatable bonds is 4. The van der Waals surface area contributed by atoms with E-state index in [0.29, 0.717) is 39.9 Å². The molecule has 0 saturated carbocycles. The molecule has 0 fully saturated rings. The predicted molar refractivity (Wildman–Crippen MR) is 74.5 cm³/mol. The van der Waals surface area contributed by atoms with Gasteiger partial charge in [-0.15, -0.1) is 0 Å². The monoisotopic (exact) mass is 298 g/mol. The largest absolute Gasteiger partial charge is 0.466 e. The fourth-order valence-corrected chi connectivity index (χ4v) is 2.05. The first-order valence-corrected chi connectivity index (χ1v) is 6.63. The van der Waals surface area contributed by atoms with Gasteiger partial charge in [-0.3, -0.25) is 4.79 Å². The zero-order valence-corrected chi connectivity index (χ0v) is 11.8. The Balaban J connectivity index is 2.21. The fraction of sp³-hybridized carbons (Fsp3) is 0.308. The molecule has 6 heteroatoms. The molecule has 0 spiro atoms. The molecule has 0 aliphatic rings. The molecule has 0 radical (unpaired) electrons. The van der Waals surface area contributed by atoms with Crippen LogP contribution in [0.2, 0.25) is 10.2 Å². The third-order valence-electron chi connectivity index (χ3n) is 2.52. The number of ether oxygens (including phenoxy) is 1. The van der Waals surface area contributed by atoms with Crippen molar-refractivity contribution in [3.05, 3.63) is 34.1 Å². The lowest BCUT2D eigenvalue weighted by atomic mass is 10.2. The Morgan fingerprint density at radius 1 is 1.26 bits per heavy atom. The van der Waals surface area contributed by atoms with E-state index in [4.69, 9.17) is 27.9 Å². The molecule has 0 bridgehead atoms. The van der Waals surface area contributed by atoms with Crippen molar-refractivity contribution in [3.63, 3.8) is 0 Å². The number of hydrogen-bond donors (Lipinski definition) is 0. The van der Waals surface area contributed by atoms with E-state index < -0.39 is 0 Å². The minimum Gasteiger partial charge on any atom is -0.466 e. The average molecular weight is 299 g/mol. The summed E-state index contributed by atoms with van der Waals surface area (Å²) in [7, 11) is 0. The molecule has 0 aliphatic carbocycles. The number of nitrogens with zero attached hydrogens (tertiary/aromatic N) is 2. The van der Waals surface area contributed by atoms with Crippen LogP contribution < -0.4 is 0 Å². The highest BCUT2D eigenvalue weighted by Gasteiger charge is 2.10. The van der Waals surface area contributed by atoms with Crippen molar-refractivity contribution in [1.29, 1.82) is 0 Å². The van der Waals surface area contributed by atoms with Crippen LogP contribution in [0.5, 0.6) is 0 Å². The minimum atomic E-state index is -0.267. The van der Waals surface area contributed by atoms with Crippen molar-refractivity contribution in [2.45, 2.75) is 19.8 Å². The molecule has 1 heterocycles. The van der Waals surface area contributed by atoms with E-state index in [1.54, 1.807) is 25.1 Å².